The number of rotatable bonds is 4. The normalized spacial score (nSPS) is 19.5. The number of pyridine rings is 1. The Kier molecular flexibility index (Phi) is 10.5. The molecule has 0 spiro atoms. The van der Waals surface area contributed by atoms with Gasteiger partial charge in [0.15, 0.2) is 0 Å². The Labute approximate surface area is 162 Å². The third kappa shape index (κ3) is 6.93. The van der Waals surface area contributed by atoms with Gasteiger partial charge in [0.25, 0.3) is 0 Å². The maximum atomic E-state index is 12.3. The minimum Gasteiger partial charge on any atom is -0.336 e. The second-order valence-corrected chi connectivity index (χ2v) is 6.64. The number of nitrogens with zero attached hydrogens (tertiary/aromatic N) is 2. The van der Waals surface area contributed by atoms with Crippen molar-refractivity contribution < 1.29 is 9.59 Å². The van der Waals surface area contributed by atoms with Gasteiger partial charge in [0.05, 0.1) is 6.54 Å². The van der Waals surface area contributed by atoms with E-state index in [1.807, 2.05) is 0 Å². The number of aromatic nitrogens is 1. The lowest BCUT2D eigenvalue weighted by atomic mass is 9.85. The molecule has 1 aliphatic carbocycles. The number of nitrogens with two attached hydrogens (primary N) is 1. The predicted molar refractivity (Wildman–Crippen MR) is 103 cm³/mol. The number of halogens is 3. The van der Waals surface area contributed by atoms with Crippen molar-refractivity contribution in [1.29, 1.82) is 0 Å². The van der Waals surface area contributed by atoms with E-state index >= 15 is 0 Å². The van der Waals surface area contributed by atoms with Gasteiger partial charge in [-0.25, -0.2) is 4.98 Å². The monoisotopic (exact) mass is 440 g/mol. The standard InChI is InChI=1S/C15H21BrN4O2.2ClH/c1-20(15(22)10-3-2-4-12(17)7-10)9-14(21)19-13-6-5-11(16)8-18-13;;/h5-6,8,10,12H,2-4,7,9,17H2,1H3,(H,18,19,21);2*1H. The number of hydrogen-bond acceptors (Lipinski definition) is 4. The first-order valence-corrected chi connectivity index (χ1v) is 8.17. The third-order valence-corrected chi connectivity index (χ3v) is 4.28. The van der Waals surface area contributed by atoms with E-state index in [1.54, 1.807) is 25.4 Å². The first-order valence-electron chi connectivity index (χ1n) is 7.37. The lowest BCUT2D eigenvalue weighted by molar-refractivity contribution is -0.138. The van der Waals surface area contributed by atoms with E-state index in [9.17, 15) is 9.59 Å². The van der Waals surface area contributed by atoms with Gasteiger partial charge < -0.3 is 16.0 Å². The molecule has 1 aromatic rings. The molecule has 1 saturated carbocycles. The van der Waals surface area contributed by atoms with Gasteiger partial charge in [0.1, 0.15) is 5.82 Å². The summed E-state index contributed by atoms with van der Waals surface area (Å²) in [6.45, 7) is 0.0162. The van der Waals surface area contributed by atoms with Gasteiger partial charge in [-0.05, 0) is 47.3 Å². The molecule has 0 aromatic carbocycles. The van der Waals surface area contributed by atoms with Crippen LogP contribution in [0.5, 0.6) is 0 Å². The summed E-state index contributed by atoms with van der Waals surface area (Å²) in [6.07, 6.45) is 5.11. The van der Waals surface area contributed by atoms with E-state index in [1.165, 1.54) is 4.90 Å². The summed E-state index contributed by atoms with van der Waals surface area (Å²) >= 11 is 3.28. The van der Waals surface area contributed by atoms with E-state index in [2.05, 4.69) is 26.2 Å². The summed E-state index contributed by atoms with van der Waals surface area (Å²) in [6, 6.07) is 3.59. The van der Waals surface area contributed by atoms with Gasteiger partial charge in [0.2, 0.25) is 11.8 Å². The van der Waals surface area contributed by atoms with Gasteiger partial charge in [0, 0.05) is 29.7 Å². The maximum absolute atomic E-state index is 12.3. The Balaban J connectivity index is 0.00000264. The van der Waals surface area contributed by atoms with Crippen LogP contribution < -0.4 is 11.1 Å². The maximum Gasteiger partial charge on any atom is 0.245 e. The zero-order valence-corrected chi connectivity index (χ0v) is 16.6. The van der Waals surface area contributed by atoms with Crippen LogP contribution in [-0.2, 0) is 9.59 Å². The van der Waals surface area contributed by atoms with Crippen molar-refractivity contribution in [1.82, 2.24) is 9.88 Å². The Bertz CT molecular complexity index is 545. The van der Waals surface area contributed by atoms with Crippen molar-refractivity contribution in [2.24, 2.45) is 11.7 Å². The molecule has 6 nitrogen and oxygen atoms in total. The zero-order valence-electron chi connectivity index (χ0n) is 13.4. The molecular formula is C15H23BrCl2N4O2. The van der Waals surface area contributed by atoms with Crippen molar-refractivity contribution in [2.45, 2.75) is 31.7 Å². The molecule has 2 atom stereocenters. The highest BCUT2D eigenvalue weighted by Gasteiger charge is 2.28. The first kappa shape index (κ1) is 23.1. The van der Waals surface area contributed by atoms with Crippen molar-refractivity contribution in [3.63, 3.8) is 0 Å². The Morgan fingerprint density at radius 1 is 1.38 bits per heavy atom. The lowest BCUT2D eigenvalue weighted by Gasteiger charge is -2.29. The van der Waals surface area contributed by atoms with Crippen LogP contribution in [0.1, 0.15) is 25.7 Å². The summed E-state index contributed by atoms with van der Waals surface area (Å²) in [4.78, 5) is 29.9. The van der Waals surface area contributed by atoms with Crippen LogP contribution in [0.15, 0.2) is 22.8 Å². The van der Waals surface area contributed by atoms with E-state index in [-0.39, 0.29) is 55.1 Å². The Morgan fingerprint density at radius 2 is 2.08 bits per heavy atom. The molecule has 3 N–H and O–H groups in total. The highest BCUT2D eigenvalue weighted by atomic mass is 79.9. The highest BCUT2D eigenvalue weighted by Crippen LogP contribution is 2.24. The molecule has 9 heteroatoms. The number of likely N-dealkylation sites (N-methyl/N-ethyl adjacent to an activating group) is 1. The fourth-order valence-corrected chi connectivity index (χ4v) is 2.92. The number of hydrogen-bond donors (Lipinski definition) is 2. The van der Waals surface area contributed by atoms with Gasteiger partial charge in [-0.1, -0.05) is 6.42 Å². The molecule has 1 fully saturated rings. The molecule has 136 valence electrons. The lowest BCUT2D eigenvalue weighted by Crippen LogP contribution is -2.41. The van der Waals surface area contributed by atoms with Crippen molar-refractivity contribution in [3.8, 4) is 0 Å². The van der Waals surface area contributed by atoms with E-state index in [0.717, 1.165) is 23.7 Å². The van der Waals surface area contributed by atoms with E-state index in [4.69, 9.17) is 5.73 Å². The summed E-state index contributed by atoms with van der Waals surface area (Å²) < 4.78 is 0.839. The molecular weight excluding hydrogens is 419 g/mol. The minimum absolute atomic E-state index is 0. The molecule has 2 rings (SSSR count). The predicted octanol–water partition coefficient (Wildman–Crippen LogP) is 2.60. The van der Waals surface area contributed by atoms with Crippen molar-refractivity contribution >= 4 is 58.4 Å². The number of nitrogens with one attached hydrogen (secondary N) is 1. The SMILES string of the molecule is CN(CC(=O)Nc1ccc(Br)cn1)C(=O)C1CCCC(N)C1.Cl.Cl. The average molecular weight is 442 g/mol. The summed E-state index contributed by atoms with van der Waals surface area (Å²) in [5, 5.41) is 2.68. The van der Waals surface area contributed by atoms with Crippen LogP contribution in [0.3, 0.4) is 0 Å². The van der Waals surface area contributed by atoms with Gasteiger partial charge in [-0.3, -0.25) is 9.59 Å². The zero-order chi connectivity index (χ0) is 16.1. The minimum atomic E-state index is -0.259. The van der Waals surface area contributed by atoms with Crippen LogP contribution in [0.4, 0.5) is 5.82 Å². The smallest absolute Gasteiger partial charge is 0.245 e. The Morgan fingerprint density at radius 3 is 2.67 bits per heavy atom. The molecule has 2 unspecified atom stereocenters. The van der Waals surface area contributed by atoms with Gasteiger partial charge in [-0.15, -0.1) is 24.8 Å². The molecule has 1 heterocycles. The fourth-order valence-electron chi connectivity index (χ4n) is 2.69. The number of amides is 2. The van der Waals surface area contributed by atoms with Crippen LogP contribution in [0.2, 0.25) is 0 Å². The fraction of sp³-hybridized carbons (Fsp3) is 0.533. The summed E-state index contributed by atoms with van der Waals surface area (Å²) in [5.74, 6) is 0.140. The number of carbonyl (C=O) groups excluding carboxylic acids is 2. The molecule has 2 amide bonds. The largest absolute Gasteiger partial charge is 0.336 e. The van der Waals surface area contributed by atoms with Crippen molar-refractivity contribution in [3.05, 3.63) is 22.8 Å². The quantitative estimate of drug-likeness (QED) is 0.751. The summed E-state index contributed by atoms with van der Waals surface area (Å²) in [5.41, 5.74) is 5.92. The Hall–Kier alpha value is -0.890. The average Bonchev–Trinajstić information content (AvgIpc) is 2.48. The van der Waals surface area contributed by atoms with Crippen molar-refractivity contribution in [2.75, 3.05) is 18.9 Å². The molecule has 1 aliphatic rings. The van der Waals surface area contributed by atoms with Gasteiger partial charge in [-0.2, -0.15) is 0 Å². The van der Waals surface area contributed by atoms with Crippen LogP contribution >= 0.6 is 40.7 Å². The van der Waals surface area contributed by atoms with E-state index < -0.39 is 0 Å². The molecule has 24 heavy (non-hydrogen) atoms. The van der Waals surface area contributed by atoms with Crippen LogP contribution in [0.25, 0.3) is 0 Å². The first-order chi connectivity index (χ1) is 10.5. The summed E-state index contributed by atoms with van der Waals surface area (Å²) in [7, 11) is 1.65. The molecule has 0 saturated heterocycles. The van der Waals surface area contributed by atoms with Gasteiger partial charge >= 0.3 is 0 Å². The molecule has 0 bridgehead atoms. The third-order valence-electron chi connectivity index (χ3n) is 3.82. The van der Waals surface area contributed by atoms with E-state index in [0.29, 0.717) is 12.2 Å². The van der Waals surface area contributed by atoms with Crippen LogP contribution in [0, 0.1) is 5.92 Å². The molecule has 1 aromatic heterocycles. The van der Waals surface area contributed by atoms with Crippen LogP contribution in [-0.4, -0.2) is 41.3 Å². The molecule has 0 radical (unpaired) electrons. The topological polar surface area (TPSA) is 88.3 Å². The second-order valence-electron chi connectivity index (χ2n) is 5.73. The highest BCUT2D eigenvalue weighted by molar-refractivity contribution is 9.10. The number of carbonyl (C=O) groups is 2. The second kappa shape index (κ2) is 10.9. The number of anilines is 1. The molecule has 0 aliphatic heterocycles.